The van der Waals surface area contributed by atoms with E-state index >= 15 is 0 Å². The number of hydrogen-bond acceptors (Lipinski definition) is 5. The third-order valence-corrected chi connectivity index (χ3v) is 3.27. The molecule has 1 aromatic heterocycles. The summed E-state index contributed by atoms with van der Waals surface area (Å²) in [5.41, 5.74) is 2.89. The van der Waals surface area contributed by atoms with Crippen molar-refractivity contribution in [1.82, 2.24) is 10.3 Å². The fourth-order valence-electron chi connectivity index (χ4n) is 2.19. The Morgan fingerprint density at radius 2 is 2.00 bits per heavy atom. The molecule has 0 bridgehead atoms. The van der Waals surface area contributed by atoms with E-state index in [0.29, 0.717) is 18.7 Å². The molecule has 0 fully saturated rings. The fourth-order valence-corrected chi connectivity index (χ4v) is 2.19. The summed E-state index contributed by atoms with van der Waals surface area (Å²) in [5, 5.41) is 3.32. The van der Waals surface area contributed by atoms with E-state index in [0.717, 1.165) is 22.2 Å². The smallest absolute Gasteiger partial charge is 0.339 e. The first kappa shape index (κ1) is 16.9. The molecule has 0 atom stereocenters. The lowest BCUT2D eigenvalue weighted by atomic mass is 10.1. The van der Waals surface area contributed by atoms with Crippen molar-refractivity contribution in [3.8, 4) is 0 Å². The highest BCUT2D eigenvalue weighted by molar-refractivity contribution is 6.04. The molecule has 0 unspecified atom stereocenters. The third-order valence-electron chi connectivity index (χ3n) is 3.27. The number of rotatable bonds is 6. The van der Waals surface area contributed by atoms with Crippen molar-refractivity contribution in [2.24, 2.45) is 0 Å². The van der Waals surface area contributed by atoms with Crippen LogP contribution >= 0.6 is 0 Å². The Morgan fingerprint density at radius 1 is 1.22 bits per heavy atom. The number of esters is 1. The summed E-state index contributed by atoms with van der Waals surface area (Å²) < 4.78 is 9.93. The average Bonchev–Trinajstić information content (AvgIpc) is 2.52. The Hall–Kier alpha value is -2.47. The minimum atomic E-state index is -0.534. The van der Waals surface area contributed by atoms with Gasteiger partial charge in [-0.25, -0.2) is 4.79 Å². The summed E-state index contributed by atoms with van der Waals surface area (Å²) in [7, 11) is 1.55. The lowest BCUT2D eigenvalue weighted by Gasteiger charge is -2.09. The first-order valence-corrected chi connectivity index (χ1v) is 7.32. The van der Waals surface area contributed by atoms with Gasteiger partial charge in [-0.1, -0.05) is 11.6 Å². The quantitative estimate of drug-likeness (QED) is 0.649. The minimum absolute atomic E-state index is 0.322. The lowest BCUT2D eigenvalue weighted by molar-refractivity contribution is -0.124. The number of pyridine rings is 1. The van der Waals surface area contributed by atoms with E-state index in [1.54, 1.807) is 13.2 Å². The Bertz CT molecular complexity index is 728. The molecule has 2 aromatic rings. The van der Waals surface area contributed by atoms with Crippen molar-refractivity contribution in [1.29, 1.82) is 0 Å². The van der Waals surface area contributed by atoms with Gasteiger partial charge in [-0.05, 0) is 32.0 Å². The van der Waals surface area contributed by atoms with E-state index in [9.17, 15) is 9.59 Å². The van der Waals surface area contributed by atoms with E-state index in [1.807, 2.05) is 32.0 Å². The lowest BCUT2D eigenvalue weighted by Crippen LogP contribution is -2.31. The van der Waals surface area contributed by atoms with Crippen LogP contribution in [-0.4, -0.2) is 43.7 Å². The van der Waals surface area contributed by atoms with Gasteiger partial charge in [0.25, 0.3) is 5.91 Å². The summed E-state index contributed by atoms with van der Waals surface area (Å²) in [6.07, 6.45) is 0. The van der Waals surface area contributed by atoms with Crippen LogP contribution in [0.3, 0.4) is 0 Å². The number of carbonyl (C=O) groups excluding carboxylic acids is 2. The second-order valence-corrected chi connectivity index (χ2v) is 5.25. The fraction of sp³-hybridized carbons (Fsp3) is 0.353. The molecule has 1 aromatic carbocycles. The molecule has 23 heavy (non-hydrogen) atoms. The molecule has 1 N–H and O–H groups in total. The molecule has 0 aliphatic carbocycles. The van der Waals surface area contributed by atoms with Crippen LogP contribution in [0.2, 0.25) is 0 Å². The van der Waals surface area contributed by atoms with E-state index in [1.165, 1.54) is 0 Å². The summed E-state index contributed by atoms with van der Waals surface area (Å²) >= 11 is 0. The van der Waals surface area contributed by atoms with Crippen LogP contribution in [0.1, 0.15) is 21.6 Å². The zero-order chi connectivity index (χ0) is 16.8. The van der Waals surface area contributed by atoms with Gasteiger partial charge in [0.05, 0.1) is 17.7 Å². The molecule has 6 heteroatoms. The first-order valence-electron chi connectivity index (χ1n) is 7.32. The Kier molecular flexibility index (Phi) is 5.65. The van der Waals surface area contributed by atoms with E-state index in [4.69, 9.17) is 9.47 Å². The van der Waals surface area contributed by atoms with Crippen molar-refractivity contribution in [2.45, 2.75) is 13.8 Å². The van der Waals surface area contributed by atoms with E-state index in [-0.39, 0.29) is 12.5 Å². The van der Waals surface area contributed by atoms with Crippen LogP contribution in [0, 0.1) is 13.8 Å². The van der Waals surface area contributed by atoms with Crippen molar-refractivity contribution in [3.63, 3.8) is 0 Å². The molecule has 0 aliphatic heterocycles. The van der Waals surface area contributed by atoms with Crippen LogP contribution in [0.25, 0.3) is 10.9 Å². The third kappa shape index (κ3) is 4.50. The van der Waals surface area contributed by atoms with Gasteiger partial charge >= 0.3 is 5.97 Å². The molecule has 1 amide bonds. The monoisotopic (exact) mass is 316 g/mol. The number of methoxy groups -OCH3 is 1. The number of aromatic nitrogens is 1. The van der Waals surface area contributed by atoms with E-state index in [2.05, 4.69) is 10.3 Å². The Labute approximate surface area is 134 Å². The molecule has 0 spiro atoms. The number of nitrogens with one attached hydrogen (secondary N) is 1. The number of hydrogen-bond donors (Lipinski definition) is 1. The number of ether oxygens (including phenoxy) is 2. The molecule has 0 saturated heterocycles. The van der Waals surface area contributed by atoms with Gasteiger partial charge in [0, 0.05) is 24.7 Å². The van der Waals surface area contributed by atoms with Crippen molar-refractivity contribution in [2.75, 3.05) is 26.9 Å². The normalized spacial score (nSPS) is 10.6. The maximum absolute atomic E-state index is 12.3. The number of nitrogens with zero attached hydrogens (tertiary/aromatic N) is 1. The first-order chi connectivity index (χ1) is 11.0. The van der Waals surface area contributed by atoms with Gasteiger partial charge in [-0.15, -0.1) is 0 Å². The van der Waals surface area contributed by atoms with Crippen LogP contribution < -0.4 is 5.32 Å². The largest absolute Gasteiger partial charge is 0.452 e. The Morgan fingerprint density at radius 3 is 2.74 bits per heavy atom. The number of aryl methyl sites for hydroxylation is 2. The Balaban J connectivity index is 2.11. The highest BCUT2D eigenvalue weighted by Gasteiger charge is 2.15. The van der Waals surface area contributed by atoms with Gasteiger partial charge < -0.3 is 14.8 Å². The van der Waals surface area contributed by atoms with Gasteiger partial charge in [0.1, 0.15) is 0 Å². The maximum atomic E-state index is 12.3. The van der Waals surface area contributed by atoms with Crippen LogP contribution in [-0.2, 0) is 14.3 Å². The molecule has 2 rings (SSSR count). The molecular weight excluding hydrogens is 296 g/mol. The van der Waals surface area contributed by atoms with Crippen molar-refractivity contribution < 1.29 is 19.1 Å². The molecule has 1 heterocycles. The summed E-state index contributed by atoms with van der Waals surface area (Å²) in [6, 6.07) is 7.36. The minimum Gasteiger partial charge on any atom is -0.452 e. The molecule has 0 radical (unpaired) electrons. The predicted octanol–water partition coefficient (Wildman–Crippen LogP) is 1.77. The molecular formula is C17H20N2O4. The molecule has 6 nitrogen and oxygen atoms in total. The van der Waals surface area contributed by atoms with Crippen molar-refractivity contribution >= 4 is 22.8 Å². The number of carbonyl (C=O) groups is 2. The van der Waals surface area contributed by atoms with Gasteiger partial charge in [0.2, 0.25) is 0 Å². The van der Waals surface area contributed by atoms with Crippen LogP contribution in [0.5, 0.6) is 0 Å². The summed E-state index contributed by atoms with van der Waals surface area (Å²) in [6.45, 7) is 4.22. The average molecular weight is 316 g/mol. The standard InChI is InChI=1S/C17H20N2O4/c1-11-4-5-15-13(8-11)14(9-12(2)19-15)17(21)23-10-16(20)18-6-7-22-3/h4-5,8-9H,6-7,10H2,1-3H3,(H,18,20). The van der Waals surface area contributed by atoms with Crippen LogP contribution in [0.15, 0.2) is 24.3 Å². The number of amides is 1. The molecule has 0 saturated carbocycles. The zero-order valence-corrected chi connectivity index (χ0v) is 13.5. The second-order valence-electron chi connectivity index (χ2n) is 5.25. The van der Waals surface area contributed by atoms with E-state index < -0.39 is 5.97 Å². The number of benzene rings is 1. The zero-order valence-electron chi connectivity index (χ0n) is 13.5. The SMILES string of the molecule is COCCNC(=O)COC(=O)c1cc(C)nc2ccc(C)cc12. The predicted molar refractivity (Wildman–Crippen MR) is 86.4 cm³/mol. The summed E-state index contributed by atoms with van der Waals surface area (Å²) in [5.74, 6) is -0.894. The summed E-state index contributed by atoms with van der Waals surface area (Å²) in [4.78, 5) is 28.3. The topological polar surface area (TPSA) is 77.5 Å². The molecule has 0 aliphatic rings. The van der Waals surface area contributed by atoms with Gasteiger partial charge in [-0.2, -0.15) is 0 Å². The second kappa shape index (κ2) is 7.69. The number of fused-ring (bicyclic) bond motifs is 1. The van der Waals surface area contributed by atoms with Crippen LogP contribution in [0.4, 0.5) is 0 Å². The van der Waals surface area contributed by atoms with Gasteiger partial charge in [-0.3, -0.25) is 9.78 Å². The molecule has 122 valence electrons. The highest BCUT2D eigenvalue weighted by atomic mass is 16.5. The van der Waals surface area contributed by atoms with Gasteiger partial charge in [0.15, 0.2) is 6.61 Å². The van der Waals surface area contributed by atoms with Crippen molar-refractivity contribution in [3.05, 3.63) is 41.1 Å². The maximum Gasteiger partial charge on any atom is 0.339 e. The highest BCUT2D eigenvalue weighted by Crippen LogP contribution is 2.20.